The minimum atomic E-state index is 1.19. The van der Waals surface area contributed by atoms with Gasteiger partial charge in [-0.25, -0.2) is 0 Å². The second-order valence-electron chi connectivity index (χ2n) is 12.1. The third-order valence-electron chi connectivity index (χ3n) is 9.43. The number of thiophene rings is 2. The van der Waals surface area contributed by atoms with Crippen molar-refractivity contribution in [3.63, 3.8) is 0 Å². The van der Waals surface area contributed by atoms with Crippen molar-refractivity contribution in [1.82, 2.24) is 4.57 Å². The lowest BCUT2D eigenvalue weighted by atomic mass is 9.97. The zero-order valence-corrected chi connectivity index (χ0v) is 27.0. The molecule has 0 spiro atoms. The van der Waals surface area contributed by atoms with E-state index in [-0.39, 0.29) is 0 Å². The van der Waals surface area contributed by atoms with Crippen LogP contribution < -0.4 is 0 Å². The van der Waals surface area contributed by atoms with Gasteiger partial charge in [0, 0.05) is 41.3 Å². The van der Waals surface area contributed by atoms with Crippen LogP contribution in [0.3, 0.4) is 0 Å². The molecule has 3 heterocycles. The first-order valence-corrected chi connectivity index (χ1v) is 17.6. The van der Waals surface area contributed by atoms with Gasteiger partial charge in [-0.05, 0) is 69.8 Å². The summed E-state index contributed by atoms with van der Waals surface area (Å²) in [5.41, 5.74) is 11.3. The van der Waals surface area contributed by atoms with E-state index in [1.54, 1.807) is 0 Å². The van der Waals surface area contributed by atoms with Gasteiger partial charge in [0.1, 0.15) is 0 Å². The molecule has 3 aromatic heterocycles. The predicted molar refractivity (Wildman–Crippen MR) is 205 cm³/mol. The average molecular weight is 634 g/mol. The molecule has 10 aromatic rings. The van der Waals surface area contributed by atoms with Crippen molar-refractivity contribution in [1.29, 1.82) is 0 Å². The summed E-state index contributed by atoms with van der Waals surface area (Å²) in [5, 5.41) is 5.28. The van der Waals surface area contributed by atoms with Gasteiger partial charge in [0.25, 0.3) is 0 Å². The van der Waals surface area contributed by atoms with Crippen molar-refractivity contribution in [2.24, 2.45) is 0 Å². The van der Waals surface area contributed by atoms with E-state index in [9.17, 15) is 0 Å². The van der Waals surface area contributed by atoms with Crippen LogP contribution in [0.1, 0.15) is 0 Å². The highest BCUT2D eigenvalue weighted by Gasteiger charge is 2.20. The number of hydrogen-bond donors (Lipinski definition) is 0. The maximum Gasteiger partial charge on any atom is 0.0734 e. The highest BCUT2D eigenvalue weighted by molar-refractivity contribution is 7.27. The van der Waals surface area contributed by atoms with Crippen LogP contribution >= 0.6 is 22.7 Å². The summed E-state index contributed by atoms with van der Waals surface area (Å²) in [6.45, 7) is 0. The molecule has 3 heteroatoms. The molecule has 0 aliphatic rings. The Morgan fingerprint density at radius 3 is 1.70 bits per heavy atom. The number of rotatable bonds is 4. The fourth-order valence-electron chi connectivity index (χ4n) is 7.20. The van der Waals surface area contributed by atoms with Crippen molar-refractivity contribution in [2.45, 2.75) is 0 Å². The zero-order chi connectivity index (χ0) is 30.9. The first-order chi connectivity index (χ1) is 23.3. The van der Waals surface area contributed by atoms with Crippen molar-refractivity contribution in [2.75, 3.05) is 0 Å². The molecular weight excluding hydrogens is 607 g/mol. The Balaban J connectivity index is 1.08. The van der Waals surface area contributed by atoms with E-state index in [0.717, 1.165) is 0 Å². The van der Waals surface area contributed by atoms with E-state index < -0.39 is 0 Å². The Morgan fingerprint density at radius 1 is 0.383 bits per heavy atom. The molecule has 0 aliphatic carbocycles. The fraction of sp³-hybridized carbons (Fsp3) is 0. The van der Waals surface area contributed by atoms with Gasteiger partial charge in [0.15, 0.2) is 0 Å². The minimum absolute atomic E-state index is 1.19. The maximum absolute atomic E-state index is 2.45. The molecule has 47 heavy (non-hydrogen) atoms. The topological polar surface area (TPSA) is 4.93 Å². The lowest BCUT2D eigenvalue weighted by Gasteiger charge is -2.11. The van der Waals surface area contributed by atoms with Crippen LogP contribution in [-0.4, -0.2) is 4.57 Å². The van der Waals surface area contributed by atoms with Crippen LogP contribution in [0.15, 0.2) is 164 Å². The van der Waals surface area contributed by atoms with E-state index in [4.69, 9.17) is 0 Å². The Bertz CT molecular complexity index is 2760. The van der Waals surface area contributed by atoms with E-state index in [0.29, 0.717) is 0 Å². The van der Waals surface area contributed by atoms with Crippen molar-refractivity contribution < 1.29 is 0 Å². The normalized spacial score (nSPS) is 11.8. The molecule has 0 atom stereocenters. The van der Waals surface area contributed by atoms with Crippen LogP contribution in [0.4, 0.5) is 0 Å². The SMILES string of the molecule is c1ccc(-c2ccc3c(c2)sc2cc(-c4ccc(-c5cccc6sc7c8ccccc8n(-c8ccccc8)c7c56)cc4)ccc23)cc1. The molecule has 0 saturated heterocycles. The second-order valence-corrected chi connectivity index (χ2v) is 14.2. The van der Waals surface area contributed by atoms with Crippen LogP contribution in [-0.2, 0) is 0 Å². The molecule has 0 bridgehead atoms. The Morgan fingerprint density at radius 2 is 0.979 bits per heavy atom. The maximum atomic E-state index is 2.45. The highest BCUT2D eigenvalue weighted by Crippen LogP contribution is 2.46. The van der Waals surface area contributed by atoms with Gasteiger partial charge in [-0.1, -0.05) is 127 Å². The molecule has 1 nitrogen and oxygen atoms in total. The number of para-hydroxylation sites is 2. The van der Waals surface area contributed by atoms with Crippen LogP contribution in [0.2, 0.25) is 0 Å². The molecule has 7 aromatic carbocycles. The number of benzene rings is 7. The molecule has 0 amide bonds. The molecule has 0 aliphatic heterocycles. The summed E-state index contributed by atoms with van der Waals surface area (Å²) < 4.78 is 7.77. The summed E-state index contributed by atoms with van der Waals surface area (Å²) in [7, 11) is 0. The van der Waals surface area contributed by atoms with Gasteiger partial charge < -0.3 is 4.57 Å². The smallest absolute Gasteiger partial charge is 0.0734 e. The molecule has 0 saturated carbocycles. The van der Waals surface area contributed by atoms with Crippen molar-refractivity contribution in [3.05, 3.63) is 164 Å². The summed E-state index contributed by atoms with van der Waals surface area (Å²) in [4.78, 5) is 0. The average Bonchev–Trinajstić information content (AvgIpc) is 3.80. The number of nitrogens with zero attached hydrogens (tertiary/aromatic N) is 1. The first kappa shape index (κ1) is 26.7. The zero-order valence-electron chi connectivity index (χ0n) is 25.4. The van der Waals surface area contributed by atoms with E-state index >= 15 is 0 Å². The summed E-state index contributed by atoms with van der Waals surface area (Å²) in [5.74, 6) is 0. The third-order valence-corrected chi connectivity index (χ3v) is 11.7. The second kappa shape index (κ2) is 10.5. The Labute approximate surface area is 280 Å². The molecule has 220 valence electrons. The standard InChI is InChI=1S/C44H27NS2/c1-3-10-28(11-4-1)31-22-24-35-36-25-23-32(27-41(36)46-40(35)26-31)29-18-20-30(21-19-29)34-15-9-17-39-42(34)43-44(47-39)37-14-7-8-16-38(37)45(43)33-12-5-2-6-13-33/h1-27H. The van der Waals surface area contributed by atoms with Gasteiger partial charge in [0.05, 0.1) is 15.7 Å². The highest BCUT2D eigenvalue weighted by atomic mass is 32.1. The number of fused-ring (bicyclic) bond motifs is 8. The summed E-state index contributed by atoms with van der Waals surface area (Å²) >= 11 is 3.78. The van der Waals surface area contributed by atoms with E-state index in [1.807, 2.05) is 22.7 Å². The molecule has 0 fully saturated rings. The molecular formula is C44H27NS2. The van der Waals surface area contributed by atoms with Crippen molar-refractivity contribution >= 4 is 74.1 Å². The minimum Gasteiger partial charge on any atom is -0.308 e. The van der Waals surface area contributed by atoms with Gasteiger partial charge in [-0.15, -0.1) is 22.7 Å². The molecule has 0 unspecified atom stereocenters. The lowest BCUT2D eigenvalue weighted by Crippen LogP contribution is -1.93. The van der Waals surface area contributed by atoms with Crippen LogP contribution in [0.5, 0.6) is 0 Å². The van der Waals surface area contributed by atoms with E-state index in [2.05, 4.69) is 168 Å². The van der Waals surface area contributed by atoms with Gasteiger partial charge in [0.2, 0.25) is 0 Å². The van der Waals surface area contributed by atoms with Crippen molar-refractivity contribution in [3.8, 4) is 39.1 Å². The fourth-order valence-corrected chi connectivity index (χ4v) is 9.64. The third kappa shape index (κ3) is 4.21. The van der Waals surface area contributed by atoms with Crippen LogP contribution in [0, 0.1) is 0 Å². The van der Waals surface area contributed by atoms with Crippen LogP contribution in [0.25, 0.3) is 90.4 Å². The molecule has 0 radical (unpaired) electrons. The predicted octanol–water partition coefficient (Wildman–Crippen LogP) is 13.4. The monoisotopic (exact) mass is 633 g/mol. The summed E-state index contributed by atoms with van der Waals surface area (Å²) in [6.07, 6.45) is 0. The number of hydrogen-bond acceptors (Lipinski definition) is 2. The number of aromatic nitrogens is 1. The lowest BCUT2D eigenvalue weighted by molar-refractivity contribution is 1.19. The van der Waals surface area contributed by atoms with E-state index in [1.165, 1.54) is 90.4 Å². The first-order valence-electron chi connectivity index (χ1n) is 15.9. The quantitative estimate of drug-likeness (QED) is 0.182. The largest absolute Gasteiger partial charge is 0.308 e. The Kier molecular flexibility index (Phi) is 5.98. The molecule has 10 rings (SSSR count). The van der Waals surface area contributed by atoms with Gasteiger partial charge in [-0.3, -0.25) is 0 Å². The Hall–Kier alpha value is -5.48. The van der Waals surface area contributed by atoms with Gasteiger partial charge in [-0.2, -0.15) is 0 Å². The molecule has 0 N–H and O–H groups in total. The summed E-state index contributed by atoms with van der Waals surface area (Å²) in [6, 6.07) is 59.9. The van der Waals surface area contributed by atoms with Gasteiger partial charge >= 0.3 is 0 Å².